The first kappa shape index (κ1) is 13.8. The number of nitrogens with one attached hydrogen (secondary N) is 1. The summed E-state index contributed by atoms with van der Waals surface area (Å²) in [5.74, 6) is -1.12. The highest BCUT2D eigenvalue weighted by molar-refractivity contribution is 6.08. The molecule has 0 spiro atoms. The second kappa shape index (κ2) is 5.63. The molecule has 0 saturated carbocycles. The number of alkyl carbamates (subject to hydrolysis) is 1. The molecule has 0 aliphatic carbocycles. The molecular weight excluding hydrogens is 197 g/mol. The molecule has 6 heteroatoms. The number of rotatable bonds is 4. The van der Waals surface area contributed by atoms with Crippen molar-refractivity contribution in [3.63, 3.8) is 0 Å². The Balaban J connectivity index is 4.18. The molecule has 15 heavy (non-hydrogen) atoms. The molecule has 0 bridgehead atoms. The van der Waals surface area contributed by atoms with Crippen molar-refractivity contribution in [2.75, 3.05) is 0 Å². The predicted octanol–water partition coefficient (Wildman–Crippen LogP) is 0.941. The van der Waals surface area contributed by atoms with Gasteiger partial charge in [-0.25, -0.2) is 9.59 Å². The third kappa shape index (κ3) is 6.82. The minimum atomic E-state index is -1.12. The van der Waals surface area contributed by atoms with Gasteiger partial charge in [-0.1, -0.05) is 6.32 Å². The van der Waals surface area contributed by atoms with E-state index in [2.05, 4.69) is 5.32 Å². The lowest BCUT2D eigenvalue weighted by Gasteiger charge is -2.21. The van der Waals surface area contributed by atoms with Gasteiger partial charge in [0.05, 0.1) is 7.85 Å². The van der Waals surface area contributed by atoms with E-state index < -0.39 is 23.7 Å². The minimum absolute atomic E-state index is 0.175. The number of carbonyl (C=O) groups is 2. The lowest BCUT2D eigenvalue weighted by molar-refractivity contribution is -0.139. The highest BCUT2D eigenvalue weighted by Gasteiger charge is 2.22. The van der Waals surface area contributed by atoms with Gasteiger partial charge in [0.2, 0.25) is 0 Å². The fraction of sp³-hybridized carbons (Fsp3) is 0.778. The molecule has 0 aliphatic heterocycles. The standard InChI is InChI=1S/C9H16BNO4/c1-9(2,3)15-8(14)11-6(4-5-10)7(12)13/h6H,4-5H2,1-3H3,(H,11,14)(H,12,13). The van der Waals surface area contributed by atoms with Crippen LogP contribution in [-0.2, 0) is 9.53 Å². The van der Waals surface area contributed by atoms with Crippen LogP contribution < -0.4 is 5.32 Å². The molecule has 0 saturated heterocycles. The van der Waals surface area contributed by atoms with Gasteiger partial charge in [-0.2, -0.15) is 0 Å². The largest absolute Gasteiger partial charge is 0.480 e. The van der Waals surface area contributed by atoms with Gasteiger partial charge in [-0.3, -0.25) is 0 Å². The monoisotopic (exact) mass is 213 g/mol. The Bertz CT molecular complexity index is 237. The maximum absolute atomic E-state index is 11.2. The van der Waals surface area contributed by atoms with Gasteiger partial charge < -0.3 is 15.2 Å². The van der Waals surface area contributed by atoms with Crippen LogP contribution in [0.2, 0.25) is 6.32 Å². The van der Waals surface area contributed by atoms with E-state index in [0.717, 1.165) is 0 Å². The number of hydrogen-bond donors (Lipinski definition) is 2. The molecule has 0 aromatic heterocycles. The Morgan fingerprint density at radius 1 is 1.47 bits per heavy atom. The molecule has 5 nitrogen and oxygen atoms in total. The zero-order valence-corrected chi connectivity index (χ0v) is 9.24. The first-order valence-corrected chi connectivity index (χ1v) is 4.68. The fourth-order valence-corrected chi connectivity index (χ4v) is 0.874. The Kier molecular flexibility index (Phi) is 5.18. The summed E-state index contributed by atoms with van der Waals surface area (Å²) in [5, 5.41) is 11.0. The number of ether oxygens (including phenoxy) is 1. The van der Waals surface area contributed by atoms with Crippen LogP contribution in [0, 0.1) is 0 Å². The van der Waals surface area contributed by atoms with Crippen LogP contribution in [0.25, 0.3) is 0 Å². The van der Waals surface area contributed by atoms with E-state index in [0.29, 0.717) is 0 Å². The van der Waals surface area contributed by atoms with Crippen LogP contribution in [0.3, 0.4) is 0 Å². The van der Waals surface area contributed by atoms with E-state index in [4.69, 9.17) is 17.7 Å². The van der Waals surface area contributed by atoms with Gasteiger partial charge in [0.1, 0.15) is 11.6 Å². The van der Waals surface area contributed by atoms with Crippen molar-refractivity contribution in [1.29, 1.82) is 0 Å². The van der Waals surface area contributed by atoms with Gasteiger partial charge in [0.15, 0.2) is 0 Å². The van der Waals surface area contributed by atoms with E-state index in [9.17, 15) is 9.59 Å². The first-order valence-electron chi connectivity index (χ1n) is 4.68. The second-order valence-corrected chi connectivity index (χ2v) is 4.11. The van der Waals surface area contributed by atoms with Gasteiger partial charge in [0, 0.05) is 0 Å². The summed E-state index contributed by atoms with van der Waals surface area (Å²) in [6.07, 6.45) is -0.384. The average molecular weight is 213 g/mol. The van der Waals surface area contributed by atoms with E-state index in [1.165, 1.54) is 0 Å². The summed E-state index contributed by atoms with van der Waals surface area (Å²) >= 11 is 0. The molecule has 0 heterocycles. The maximum atomic E-state index is 11.2. The van der Waals surface area contributed by atoms with Gasteiger partial charge in [-0.05, 0) is 27.2 Å². The van der Waals surface area contributed by atoms with Crippen LogP contribution in [0.5, 0.6) is 0 Å². The molecule has 1 atom stereocenters. The van der Waals surface area contributed by atoms with E-state index >= 15 is 0 Å². The molecule has 2 N–H and O–H groups in total. The van der Waals surface area contributed by atoms with Crippen LogP contribution in [0.4, 0.5) is 4.79 Å². The van der Waals surface area contributed by atoms with Crippen molar-refractivity contribution in [1.82, 2.24) is 5.32 Å². The van der Waals surface area contributed by atoms with Crippen LogP contribution in [0.1, 0.15) is 27.2 Å². The molecule has 1 amide bonds. The Hall–Kier alpha value is -1.20. The summed E-state index contributed by atoms with van der Waals surface area (Å²) in [4.78, 5) is 21.9. The quantitative estimate of drug-likeness (QED) is 0.681. The van der Waals surface area contributed by atoms with Crippen LogP contribution in [-0.4, -0.2) is 36.7 Å². The Morgan fingerprint density at radius 2 is 2.00 bits per heavy atom. The molecule has 2 radical (unpaired) electrons. The smallest absolute Gasteiger partial charge is 0.408 e. The molecule has 1 unspecified atom stereocenters. The fourth-order valence-electron chi connectivity index (χ4n) is 0.874. The number of carbonyl (C=O) groups excluding carboxylic acids is 1. The van der Waals surface area contributed by atoms with Gasteiger partial charge in [0.25, 0.3) is 0 Å². The van der Waals surface area contributed by atoms with Crippen molar-refractivity contribution >= 4 is 19.9 Å². The van der Waals surface area contributed by atoms with Crippen LogP contribution >= 0.6 is 0 Å². The lowest BCUT2D eigenvalue weighted by atomic mass is 9.98. The molecule has 0 rings (SSSR count). The van der Waals surface area contributed by atoms with Crippen molar-refractivity contribution in [2.24, 2.45) is 0 Å². The Labute approximate surface area is 90.6 Å². The molecule has 0 fully saturated rings. The summed E-state index contributed by atoms with van der Waals surface area (Å²) < 4.78 is 4.91. The third-order valence-corrected chi connectivity index (χ3v) is 1.44. The topological polar surface area (TPSA) is 75.6 Å². The minimum Gasteiger partial charge on any atom is -0.480 e. The number of carboxylic acid groups (broad SMARTS) is 1. The predicted molar refractivity (Wildman–Crippen MR) is 56.0 cm³/mol. The Morgan fingerprint density at radius 3 is 2.33 bits per heavy atom. The summed E-state index contributed by atoms with van der Waals surface area (Å²) in [6, 6.07) is -0.996. The van der Waals surface area contributed by atoms with E-state index in [-0.39, 0.29) is 12.7 Å². The highest BCUT2D eigenvalue weighted by atomic mass is 16.6. The van der Waals surface area contributed by atoms with E-state index in [1.54, 1.807) is 20.8 Å². The zero-order valence-electron chi connectivity index (χ0n) is 9.24. The van der Waals surface area contributed by atoms with Gasteiger partial charge in [-0.15, -0.1) is 0 Å². The van der Waals surface area contributed by atoms with Crippen molar-refractivity contribution in [3.05, 3.63) is 0 Å². The molecule has 0 aromatic rings. The maximum Gasteiger partial charge on any atom is 0.408 e. The number of hydrogen-bond acceptors (Lipinski definition) is 3. The van der Waals surface area contributed by atoms with Crippen molar-refractivity contribution < 1.29 is 19.4 Å². The molecule has 84 valence electrons. The highest BCUT2D eigenvalue weighted by Crippen LogP contribution is 2.07. The third-order valence-electron chi connectivity index (χ3n) is 1.44. The van der Waals surface area contributed by atoms with Crippen molar-refractivity contribution in [2.45, 2.75) is 45.2 Å². The van der Waals surface area contributed by atoms with Crippen molar-refractivity contribution in [3.8, 4) is 0 Å². The number of aliphatic carboxylic acids is 1. The van der Waals surface area contributed by atoms with E-state index in [1.807, 2.05) is 0 Å². The second-order valence-electron chi connectivity index (χ2n) is 4.11. The SMILES string of the molecule is [B]CCC(NC(=O)OC(C)(C)C)C(=O)O. The molecule has 0 aliphatic rings. The normalized spacial score (nSPS) is 13.0. The molecule has 0 aromatic carbocycles. The molecular formula is C9H16BNO4. The average Bonchev–Trinajstić information content (AvgIpc) is 1.99. The summed E-state index contributed by atoms with van der Waals surface area (Å²) in [7, 11) is 5.21. The summed E-state index contributed by atoms with van der Waals surface area (Å²) in [5.41, 5.74) is -0.643. The van der Waals surface area contributed by atoms with Crippen LogP contribution in [0.15, 0.2) is 0 Å². The lowest BCUT2D eigenvalue weighted by Crippen LogP contribution is -2.43. The van der Waals surface area contributed by atoms with Gasteiger partial charge >= 0.3 is 12.1 Å². The number of carboxylic acids is 1. The number of amides is 1. The summed E-state index contributed by atoms with van der Waals surface area (Å²) in [6.45, 7) is 5.10. The first-order chi connectivity index (χ1) is 6.76. The zero-order chi connectivity index (χ0) is 12.1.